The second kappa shape index (κ2) is 11.8. The molecule has 2 aliphatic rings. The number of nitrogen functional groups attached to an aromatic ring is 1. The van der Waals surface area contributed by atoms with E-state index in [1.807, 2.05) is 42.5 Å². The normalized spacial score (nSPS) is 12.0. The summed E-state index contributed by atoms with van der Waals surface area (Å²) < 4.78 is 0. The first kappa shape index (κ1) is 28.5. The highest BCUT2D eigenvalue weighted by Gasteiger charge is 2.19. The molecule has 3 aromatic heterocycles. The lowest BCUT2D eigenvalue weighted by Gasteiger charge is -2.07. The lowest BCUT2D eigenvalue weighted by Crippen LogP contribution is -1.90. The van der Waals surface area contributed by atoms with E-state index in [1.165, 1.54) is 0 Å². The van der Waals surface area contributed by atoms with Crippen molar-refractivity contribution in [3.05, 3.63) is 162 Å². The van der Waals surface area contributed by atoms with Gasteiger partial charge < -0.3 is 15.7 Å². The van der Waals surface area contributed by atoms with Crippen LogP contribution in [0.25, 0.3) is 90.9 Å². The highest BCUT2D eigenvalue weighted by Crippen LogP contribution is 2.39. The van der Waals surface area contributed by atoms with Crippen molar-refractivity contribution >= 4 is 52.1 Å². The summed E-state index contributed by atoms with van der Waals surface area (Å²) in [7, 11) is 0. The van der Waals surface area contributed by atoms with Gasteiger partial charge in [-0.15, -0.1) is 0 Å². The molecule has 0 radical (unpaired) electrons. The monoisotopic (exact) mass is 629 g/mol. The first-order valence-electron chi connectivity index (χ1n) is 16.4. The van der Waals surface area contributed by atoms with Gasteiger partial charge >= 0.3 is 0 Å². The van der Waals surface area contributed by atoms with Crippen molar-refractivity contribution in [1.82, 2.24) is 19.9 Å². The van der Waals surface area contributed by atoms with Crippen LogP contribution in [0.3, 0.4) is 0 Å². The average Bonchev–Trinajstić information content (AvgIpc) is 3.98. The van der Waals surface area contributed by atoms with Gasteiger partial charge in [-0.1, -0.05) is 121 Å². The van der Waals surface area contributed by atoms with Crippen LogP contribution in [0.1, 0.15) is 22.8 Å². The SMILES string of the molecule is Nc1cc2[nH]c1c(-c1ccccc1)c1nc(c(-c3ccccc3)c3ccc([nH]3)c(-c3ccccc3)c3nc(c2-c2ccccc2)C=C3)C=C1. The molecule has 0 atom stereocenters. The van der Waals surface area contributed by atoms with Crippen LogP contribution in [-0.2, 0) is 0 Å². The number of anilines is 1. The van der Waals surface area contributed by atoms with E-state index in [2.05, 4.69) is 131 Å². The molecule has 5 nitrogen and oxygen atoms in total. The molecule has 4 N–H and O–H groups in total. The largest absolute Gasteiger partial charge is 0.397 e. The van der Waals surface area contributed by atoms with Crippen LogP contribution in [0, 0.1) is 0 Å². The van der Waals surface area contributed by atoms with E-state index in [4.69, 9.17) is 15.7 Å². The Morgan fingerprint density at radius 3 is 1.12 bits per heavy atom. The molecule has 0 unspecified atom stereocenters. The van der Waals surface area contributed by atoms with E-state index >= 15 is 0 Å². The number of hydrogen-bond donors (Lipinski definition) is 3. The smallest absolute Gasteiger partial charge is 0.0738 e. The molecule has 232 valence electrons. The predicted octanol–water partition coefficient (Wildman–Crippen LogP) is 10.9. The van der Waals surface area contributed by atoms with Gasteiger partial charge in [-0.2, -0.15) is 0 Å². The van der Waals surface area contributed by atoms with Gasteiger partial charge in [-0.3, -0.25) is 0 Å². The zero-order valence-electron chi connectivity index (χ0n) is 26.6. The van der Waals surface area contributed by atoms with Gasteiger partial charge in [-0.05, 0) is 64.8 Å². The minimum atomic E-state index is 0.639. The van der Waals surface area contributed by atoms with Crippen molar-refractivity contribution in [3.8, 4) is 44.5 Å². The Morgan fingerprint density at radius 2 is 0.714 bits per heavy atom. The molecule has 5 heterocycles. The van der Waals surface area contributed by atoms with Crippen LogP contribution in [0.2, 0.25) is 0 Å². The molecular weight excluding hydrogens is 599 g/mol. The van der Waals surface area contributed by atoms with E-state index in [1.54, 1.807) is 0 Å². The molecule has 0 saturated heterocycles. The number of nitrogens with one attached hydrogen (secondary N) is 2. The van der Waals surface area contributed by atoms with Gasteiger partial charge in [0.1, 0.15) is 0 Å². The lowest BCUT2D eigenvalue weighted by atomic mass is 10.0. The first-order valence-corrected chi connectivity index (χ1v) is 16.4. The van der Waals surface area contributed by atoms with Gasteiger partial charge in [0.2, 0.25) is 0 Å². The molecule has 9 rings (SSSR count). The van der Waals surface area contributed by atoms with Gasteiger partial charge in [-0.25, -0.2) is 9.97 Å². The Morgan fingerprint density at radius 1 is 0.367 bits per heavy atom. The second-order valence-electron chi connectivity index (χ2n) is 12.2. The molecule has 49 heavy (non-hydrogen) atoms. The topological polar surface area (TPSA) is 83.4 Å². The number of aromatic amines is 2. The van der Waals surface area contributed by atoms with Crippen LogP contribution >= 0.6 is 0 Å². The minimum absolute atomic E-state index is 0.639. The Labute approximate surface area is 283 Å². The fourth-order valence-corrected chi connectivity index (χ4v) is 6.94. The number of hydrogen-bond acceptors (Lipinski definition) is 3. The molecule has 0 amide bonds. The highest BCUT2D eigenvalue weighted by molar-refractivity contribution is 6.02. The van der Waals surface area contributed by atoms with E-state index in [0.29, 0.717) is 5.69 Å². The first-order chi connectivity index (χ1) is 24.2. The second-order valence-corrected chi connectivity index (χ2v) is 12.2. The van der Waals surface area contributed by atoms with Crippen molar-refractivity contribution < 1.29 is 0 Å². The van der Waals surface area contributed by atoms with E-state index in [0.717, 1.165) is 89.4 Å². The number of fused-ring (bicyclic) bond motifs is 8. The van der Waals surface area contributed by atoms with Crippen LogP contribution in [0.15, 0.2) is 140 Å². The number of nitrogens with zero attached hydrogens (tertiary/aromatic N) is 2. The van der Waals surface area contributed by atoms with Gasteiger partial charge in [0.05, 0.1) is 39.5 Å². The fraction of sp³-hybridized carbons (Fsp3) is 0. The quantitative estimate of drug-likeness (QED) is 0.181. The molecule has 0 spiro atoms. The molecule has 0 aliphatic carbocycles. The van der Waals surface area contributed by atoms with Crippen molar-refractivity contribution in [2.75, 3.05) is 5.73 Å². The molecule has 0 saturated carbocycles. The Bertz CT molecular complexity index is 2580. The van der Waals surface area contributed by atoms with E-state index in [9.17, 15) is 0 Å². The van der Waals surface area contributed by atoms with Crippen molar-refractivity contribution in [3.63, 3.8) is 0 Å². The third kappa shape index (κ3) is 5.05. The third-order valence-corrected chi connectivity index (χ3v) is 9.15. The maximum absolute atomic E-state index is 6.93. The number of benzene rings is 4. The molecule has 8 bridgehead atoms. The van der Waals surface area contributed by atoms with Crippen LogP contribution in [-0.4, -0.2) is 19.9 Å². The zero-order chi connectivity index (χ0) is 32.7. The summed E-state index contributed by atoms with van der Waals surface area (Å²) in [6, 6.07) is 47.9. The van der Waals surface area contributed by atoms with Crippen molar-refractivity contribution in [1.29, 1.82) is 0 Å². The van der Waals surface area contributed by atoms with Gasteiger partial charge in [0.15, 0.2) is 0 Å². The zero-order valence-corrected chi connectivity index (χ0v) is 26.6. The molecule has 0 fully saturated rings. The summed E-state index contributed by atoms with van der Waals surface area (Å²) in [6.07, 6.45) is 8.41. The number of aromatic nitrogens is 4. The van der Waals surface area contributed by atoms with E-state index in [-0.39, 0.29) is 0 Å². The molecule has 4 aromatic carbocycles. The fourth-order valence-electron chi connectivity index (χ4n) is 6.94. The predicted molar refractivity (Wildman–Crippen MR) is 205 cm³/mol. The van der Waals surface area contributed by atoms with Crippen LogP contribution < -0.4 is 5.73 Å². The lowest BCUT2D eigenvalue weighted by molar-refractivity contribution is 1.31. The number of nitrogens with two attached hydrogens (primary N) is 1. The van der Waals surface area contributed by atoms with Crippen molar-refractivity contribution in [2.45, 2.75) is 0 Å². The Balaban J connectivity index is 1.51. The Kier molecular flexibility index (Phi) is 6.87. The molecule has 2 aliphatic heterocycles. The molecule has 7 aromatic rings. The van der Waals surface area contributed by atoms with Gasteiger partial charge in [0, 0.05) is 33.3 Å². The summed E-state index contributed by atoms with van der Waals surface area (Å²) in [4.78, 5) is 18.2. The van der Waals surface area contributed by atoms with Crippen LogP contribution in [0.5, 0.6) is 0 Å². The minimum Gasteiger partial charge on any atom is -0.397 e. The Hall–Kier alpha value is -6.72. The van der Waals surface area contributed by atoms with E-state index < -0.39 is 0 Å². The summed E-state index contributed by atoms with van der Waals surface area (Å²) in [5, 5.41) is 0. The summed E-state index contributed by atoms with van der Waals surface area (Å²) >= 11 is 0. The number of rotatable bonds is 4. The van der Waals surface area contributed by atoms with Crippen LogP contribution in [0.4, 0.5) is 5.69 Å². The maximum Gasteiger partial charge on any atom is 0.0738 e. The molecular formula is C44H31N5. The van der Waals surface area contributed by atoms with Gasteiger partial charge in [0.25, 0.3) is 0 Å². The number of H-pyrrole nitrogens is 2. The third-order valence-electron chi connectivity index (χ3n) is 9.15. The highest BCUT2D eigenvalue weighted by atomic mass is 14.8. The average molecular weight is 630 g/mol. The summed E-state index contributed by atoms with van der Waals surface area (Å²) in [6.45, 7) is 0. The molecule has 5 heteroatoms. The standard InChI is InChI=1S/C44H31N5/c45-32-27-39-42(30-17-9-3-10-18-30)37-24-23-35(47-37)40(28-13-5-1-6-14-28)33-21-22-34(46-33)41(29-15-7-2-8-16-29)36-25-26-38(48-36)43(44(32)49-39)31-19-11-4-12-20-31/h1-27,46,49H,45H2. The van der Waals surface area contributed by atoms with Crippen molar-refractivity contribution in [2.24, 2.45) is 0 Å². The summed E-state index contributed by atoms with van der Waals surface area (Å²) in [5.74, 6) is 0. The maximum atomic E-state index is 6.93. The summed E-state index contributed by atoms with van der Waals surface area (Å²) in [5.41, 5.74) is 22.8.